The van der Waals surface area contributed by atoms with Crippen LogP contribution in [0.2, 0.25) is 0 Å². The molecule has 0 bridgehead atoms. The predicted octanol–water partition coefficient (Wildman–Crippen LogP) is 2.91. The van der Waals surface area contributed by atoms with Crippen LogP contribution in [0.25, 0.3) is 0 Å². The summed E-state index contributed by atoms with van der Waals surface area (Å²) in [5.74, 6) is -1.86. The fourth-order valence-corrected chi connectivity index (χ4v) is 1.85. The molecule has 0 aromatic heterocycles. The Balaban J connectivity index is 2.92. The van der Waals surface area contributed by atoms with Crippen LogP contribution in [0.1, 0.15) is 30.6 Å². The molecule has 0 spiro atoms. The van der Waals surface area contributed by atoms with E-state index in [2.05, 4.69) is 15.9 Å². The Labute approximate surface area is 119 Å². The maximum atomic E-state index is 13.4. The molecule has 4 nitrogen and oxygen atoms in total. The van der Waals surface area contributed by atoms with Crippen LogP contribution in [0.5, 0.6) is 0 Å². The Morgan fingerprint density at radius 3 is 2.53 bits per heavy atom. The molecule has 0 aliphatic carbocycles. The first kappa shape index (κ1) is 15.6. The van der Waals surface area contributed by atoms with E-state index in [1.807, 2.05) is 0 Å². The van der Waals surface area contributed by atoms with E-state index in [4.69, 9.17) is 5.11 Å². The zero-order valence-electron chi connectivity index (χ0n) is 10.7. The molecule has 1 N–H and O–H groups in total. The largest absolute Gasteiger partial charge is 0.481 e. The van der Waals surface area contributed by atoms with Crippen LogP contribution in [0.3, 0.4) is 0 Å². The quantitative estimate of drug-likeness (QED) is 0.902. The van der Waals surface area contributed by atoms with Crippen LogP contribution in [0.15, 0.2) is 22.7 Å². The maximum Gasteiger partial charge on any atom is 0.305 e. The number of aliphatic carboxylic acids is 1. The van der Waals surface area contributed by atoms with E-state index in [0.29, 0.717) is 0 Å². The number of carbonyl (C=O) groups is 2. The zero-order chi connectivity index (χ0) is 14.6. The molecule has 0 radical (unpaired) electrons. The molecule has 0 unspecified atom stereocenters. The minimum absolute atomic E-state index is 0.101. The monoisotopic (exact) mass is 331 g/mol. The van der Waals surface area contributed by atoms with Crippen molar-refractivity contribution < 1.29 is 19.1 Å². The Morgan fingerprint density at radius 1 is 1.42 bits per heavy atom. The summed E-state index contributed by atoms with van der Waals surface area (Å²) in [4.78, 5) is 24.2. The second-order valence-corrected chi connectivity index (χ2v) is 5.22. The number of amides is 1. The summed E-state index contributed by atoms with van der Waals surface area (Å²) in [6, 6.07) is 3.95. The van der Waals surface area contributed by atoms with Crippen molar-refractivity contribution in [3.63, 3.8) is 0 Å². The van der Waals surface area contributed by atoms with Crippen LogP contribution in [0.4, 0.5) is 4.39 Å². The van der Waals surface area contributed by atoms with Gasteiger partial charge in [0.25, 0.3) is 5.91 Å². The number of carboxylic acid groups (broad SMARTS) is 1. The minimum Gasteiger partial charge on any atom is -0.481 e. The Hall–Kier alpha value is -1.43. The number of hydrogen-bond acceptors (Lipinski definition) is 2. The van der Waals surface area contributed by atoms with Gasteiger partial charge in [-0.25, -0.2) is 4.39 Å². The smallest absolute Gasteiger partial charge is 0.305 e. The highest BCUT2D eigenvalue weighted by molar-refractivity contribution is 9.10. The zero-order valence-corrected chi connectivity index (χ0v) is 12.3. The normalized spacial score (nSPS) is 10.6. The van der Waals surface area contributed by atoms with Crippen LogP contribution < -0.4 is 0 Å². The van der Waals surface area contributed by atoms with Gasteiger partial charge in [0.05, 0.1) is 10.9 Å². The van der Waals surface area contributed by atoms with Crippen LogP contribution >= 0.6 is 15.9 Å². The number of hydrogen-bond donors (Lipinski definition) is 1. The Kier molecular flexibility index (Phi) is 5.47. The van der Waals surface area contributed by atoms with E-state index in [9.17, 15) is 14.0 Å². The van der Waals surface area contributed by atoms with E-state index < -0.39 is 11.8 Å². The van der Waals surface area contributed by atoms with Crippen molar-refractivity contribution in [1.29, 1.82) is 0 Å². The molecule has 0 saturated heterocycles. The Bertz CT molecular complexity index is 491. The van der Waals surface area contributed by atoms with Crippen molar-refractivity contribution in [2.24, 2.45) is 0 Å². The van der Waals surface area contributed by atoms with Crippen molar-refractivity contribution in [2.75, 3.05) is 6.54 Å². The molecule has 1 aromatic carbocycles. The van der Waals surface area contributed by atoms with Gasteiger partial charge in [-0.05, 0) is 48.0 Å². The lowest BCUT2D eigenvalue weighted by molar-refractivity contribution is -0.137. The molecular formula is C13H15BrFNO3. The van der Waals surface area contributed by atoms with Gasteiger partial charge in [0.15, 0.2) is 0 Å². The van der Waals surface area contributed by atoms with E-state index in [1.165, 1.54) is 17.0 Å². The highest BCUT2D eigenvalue weighted by Crippen LogP contribution is 2.18. The van der Waals surface area contributed by atoms with Gasteiger partial charge in [-0.1, -0.05) is 0 Å². The third-order valence-corrected chi connectivity index (χ3v) is 3.26. The lowest BCUT2D eigenvalue weighted by atomic mass is 10.1. The lowest BCUT2D eigenvalue weighted by Gasteiger charge is -2.26. The molecule has 104 valence electrons. The lowest BCUT2D eigenvalue weighted by Crippen LogP contribution is -2.38. The van der Waals surface area contributed by atoms with E-state index in [0.717, 1.165) is 6.07 Å². The first-order chi connectivity index (χ1) is 8.82. The van der Waals surface area contributed by atoms with Crippen molar-refractivity contribution in [3.05, 3.63) is 34.1 Å². The topological polar surface area (TPSA) is 57.6 Å². The van der Waals surface area contributed by atoms with Crippen molar-refractivity contribution in [2.45, 2.75) is 26.3 Å². The summed E-state index contributed by atoms with van der Waals surface area (Å²) in [6.45, 7) is 3.67. The molecule has 6 heteroatoms. The van der Waals surface area contributed by atoms with Crippen molar-refractivity contribution in [1.82, 2.24) is 4.90 Å². The SMILES string of the molecule is CC(C)N(CCC(=O)O)C(=O)c1ccc(Br)c(F)c1. The summed E-state index contributed by atoms with van der Waals surface area (Å²) >= 11 is 3.02. The van der Waals surface area contributed by atoms with E-state index in [-0.39, 0.29) is 35.0 Å². The van der Waals surface area contributed by atoms with Gasteiger partial charge in [0.1, 0.15) is 5.82 Å². The molecule has 0 saturated carbocycles. The fraction of sp³-hybridized carbons (Fsp3) is 0.385. The van der Waals surface area contributed by atoms with E-state index in [1.54, 1.807) is 13.8 Å². The summed E-state index contributed by atoms with van der Waals surface area (Å²) < 4.78 is 13.7. The van der Waals surface area contributed by atoms with Gasteiger partial charge < -0.3 is 10.0 Å². The van der Waals surface area contributed by atoms with Crippen molar-refractivity contribution >= 4 is 27.8 Å². The molecule has 0 fully saturated rings. The molecular weight excluding hydrogens is 317 g/mol. The second kappa shape index (κ2) is 6.65. The van der Waals surface area contributed by atoms with Gasteiger partial charge in [-0.15, -0.1) is 0 Å². The van der Waals surface area contributed by atoms with Crippen molar-refractivity contribution in [3.8, 4) is 0 Å². The third-order valence-electron chi connectivity index (χ3n) is 2.62. The summed E-state index contributed by atoms with van der Waals surface area (Å²) in [5.41, 5.74) is 0.208. The highest BCUT2D eigenvalue weighted by Gasteiger charge is 2.20. The van der Waals surface area contributed by atoms with Gasteiger partial charge in [-0.2, -0.15) is 0 Å². The van der Waals surface area contributed by atoms with Crippen LogP contribution in [-0.4, -0.2) is 34.5 Å². The van der Waals surface area contributed by atoms with Gasteiger partial charge in [-0.3, -0.25) is 9.59 Å². The number of rotatable bonds is 5. The standard InChI is InChI=1S/C13H15BrFNO3/c1-8(2)16(6-5-12(17)18)13(19)9-3-4-10(14)11(15)7-9/h3-4,7-8H,5-6H2,1-2H3,(H,17,18). The highest BCUT2D eigenvalue weighted by atomic mass is 79.9. The predicted molar refractivity (Wildman–Crippen MR) is 72.5 cm³/mol. The fourth-order valence-electron chi connectivity index (χ4n) is 1.61. The molecule has 1 aromatic rings. The average Bonchev–Trinajstić information content (AvgIpc) is 2.31. The second-order valence-electron chi connectivity index (χ2n) is 4.36. The van der Waals surface area contributed by atoms with Crippen LogP contribution in [-0.2, 0) is 4.79 Å². The maximum absolute atomic E-state index is 13.4. The molecule has 1 amide bonds. The molecule has 1 rings (SSSR count). The average molecular weight is 332 g/mol. The molecule has 0 heterocycles. The van der Waals surface area contributed by atoms with Crippen LogP contribution in [0, 0.1) is 5.82 Å². The first-order valence-corrected chi connectivity index (χ1v) is 6.60. The van der Waals surface area contributed by atoms with Gasteiger partial charge in [0.2, 0.25) is 0 Å². The summed E-state index contributed by atoms with van der Waals surface area (Å²) in [5, 5.41) is 8.67. The minimum atomic E-state index is -0.972. The molecule has 0 aliphatic rings. The van der Waals surface area contributed by atoms with E-state index >= 15 is 0 Å². The van der Waals surface area contributed by atoms with Gasteiger partial charge in [0, 0.05) is 18.2 Å². The molecule has 19 heavy (non-hydrogen) atoms. The number of carboxylic acids is 1. The number of nitrogens with zero attached hydrogens (tertiary/aromatic N) is 1. The molecule has 0 aliphatic heterocycles. The third kappa shape index (κ3) is 4.31. The Morgan fingerprint density at radius 2 is 2.05 bits per heavy atom. The summed E-state index contributed by atoms with van der Waals surface area (Å²) in [7, 11) is 0. The number of carbonyl (C=O) groups excluding carboxylic acids is 1. The number of halogens is 2. The summed E-state index contributed by atoms with van der Waals surface area (Å²) in [6.07, 6.45) is -0.136. The number of benzene rings is 1. The first-order valence-electron chi connectivity index (χ1n) is 5.80. The van der Waals surface area contributed by atoms with Gasteiger partial charge >= 0.3 is 5.97 Å². The molecule has 0 atom stereocenters.